The lowest BCUT2D eigenvalue weighted by molar-refractivity contribution is -0.0601. The first kappa shape index (κ1) is 12.6. The predicted octanol–water partition coefficient (Wildman–Crippen LogP) is 0.744. The van der Waals surface area contributed by atoms with Crippen molar-refractivity contribution in [2.75, 3.05) is 24.7 Å². The van der Waals surface area contributed by atoms with Crippen LogP contribution in [0.1, 0.15) is 29.6 Å². The quantitative estimate of drug-likeness (QED) is 0.715. The molecule has 1 aromatic heterocycles. The number of pyridine rings is 1. The van der Waals surface area contributed by atoms with Gasteiger partial charge < -0.3 is 21.5 Å². The number of amides is 1. The second kappa shape index (κ2) is 4.81. The van der Waals surface area contributed by atoms with Crippen LogP contribution in [-0.4, -0.2) is 30.1 Å². The Kier molecular flexibility index (Phi) is 3.38. The molecule has 0 aliphatic heterocycles. The van der Waals surface area contributed by atoms with Crippen LogP contribution in [0.5, 0.6) is 0 Å². The molecule has 1 saturated carbocycles. The number of hydrogen-bond acceptors (Lipinski definition) is 5. The molecule has 0 radical (unpaired) electrons. The van der Waals surface area contributed by atoms with Crippen molar-refractivity contribution in [3.8, 4) is 0 Å². The predicted molar refractivity (Wildman–Crippen MR) is 69.2 cm³/mol. The highest BCUT2D eigenvalue weighted by Crippen LogP contribution is 2.35. The van der Waals surface area contributed by atoms with E-state index in [0.717, 1.165) is 19.3 Å². The molecule has 0 aromatic carbocycles. The second-order valence-electron chi connectivity index (χ2n) is 4.62. The van der Waals surface area contributed by atoms with Crippen molar-refractivity contribution in [1.29, 1.82) is 0 Å². The van der Waals surface area contributed by atoms with Crippen molar-refractivity contribution in [1.82, 2.24) is 4.98 Å². The fourth-order valence-corrected chi connectivity index (χ4v) is 2.08. The van der Waals surface area contributed by atoms with Gasteiger partial charge in [0.2, 0.25) is 0 Å². The van der Waals surface area contributed by atoms with Gasteiger partial charge in [-0.2, -0.15) is 0 Å². The summed E-state index contributed by atoms with van der Waals surface area (Å²) in [5.74, 6) is -0.0857. The van der Waals surface area contributed by atoms with Crippen LogP contribution in [0.3, 0.4) is 0 Å². The van der Waals surface area contributed by atoms with Crippen LogP contribution < -0.4 is 16.8 Å². The number of rotatable bonds is 5. The summed E-state index contributed by atoms with van der Waals surface area (Å²) >= 11 is 0. The molecule has 2 rings (SSSR count). The lowest BCUT2D eigenvalue weighted by Gasteiger charge is -2.40. The highest BCUT2D eigenvalue weighted by atomic mass is 16.5. The summed E-state index contributed by atoms with van der Waals surface area (Å²) in [6, 6.07) is 1.53. The van der Waals surface area contributed by atoms with Gasteiger partial charge in [0.05, 0.1) is 23.0 Å². The summed E-state index contributed by atoms with van der Waals surface area (Å²) in [6.07, 6.45) is 4.68. The van der Waals surface area contributed by atoms with E-state index in [-0.39, 0.29) is 5.60 Å². The smallest absolute Gasteiger partial charge is 0.252 e. The lowest BCUT2D eigenvalue weighted by Crippen LogP contribution is -2.45. The molecular weight excluding hydrogens is 232 g/mol. The molecular formula is C12H18N4O2. The van der Waals surface area contributed by atoms with Gasteiger partial charge in [0.1, 0.15) is 5.82 Å². The van der Waals surface area contributed by atoms with Gasteiger partial charge in [-0.3, -0.25) is 4.79 Å². The highest BCUT2D eigenvalue weighted by Gasteiger charge is 2.37. The Morgan fingerprint density at radius 1 is 1.61 bits per heavy atom. The highest BCUT2D eigenvalue weighted by molar-refractivity contribution is 5.98. The Morgan fingerprint density at radius 2 is 2.33 bits per heavy atom. The maximum absolute atomic E-state index is 11.3. The van der Waals surface area contributed by atoms with Crippen LogP contribution in [0.25, 0.3) is 0 Å². The normalized spacial score (nSPS) is 16.9. The van der Waals surface area contributed by atoms with E-state index in [1.165, 1.54) is 12.3 Å². The molecule has 5 N–H and O–H groups in total. The van der Waals surface area contributed by atoms with Gasteiger partial charge in [0.25, 0.3) is 5.91 Å². The van der Waals surface area contributed by atoms with Crippen LogP contribution in [0.15, 0.2) is 12.3 Å². The molecule has 98 valence electrons. The number of primary amides is 1. The lowest BCUT2D eigenvalue weighted by atomic mass is 9.80. The average molecular weight is 250 g/mol. The molecule has 6 nitrogen and oxygen atoms in total. The summed E-state index contributed by atoms with van der Waals surface area (Å²) in [6.45, 7) is 0.612. The van der Waals surface area contributed by atoms with Crippen LogP contribution in [0.2, 0.25) is 0 Å². The van der Waals surface area contributed by atoms with Crippen LogP contribution in [-0.2, 0) is 4.74 Å². The van der Waals surface area contributed by atoms with Crippen LogP contribution in [0.4, 0.5) is 11.5 Å². The standard InChI is InChI=1S/C12H18N4O2/c1-18-12(3-2-4-12)7-16-11-9(10(14)17)5-8(13)6-15-11/h5-6H,2-4,7,13H2,1H3,(H2,14,17)(H,15,16). The molecule has 6 heteroatoms. The minimum atomic E-state index is -0.544. The Labute approximate surface area is 106 Å². The SMILES string of the molecule is COC1(CNc2ncc(N)cc2C(N)=O)CCC1. The average Bonchev–Trinajstić information content (AvgIpc) is 2.29. The minimum Gasteiger partial charge on any atom is -0.397 e. The second-order valence-corrected chi connectivity index (χ2v) is 4.62. The Morgan fingerprint density at radius 3 is 2.83 bits per heavy atom. The molecule has 0 atom stereocenters. The van der Waals surface area contributed by atoms with E-state index in [4.69, 9.17) is 16.2 Å². The number of ether oxygens (including phenoxy) is 1. The zero-order chi connectivity index (χ0) is 13.2. The van der Waals surface area contributed by atoms with E-state index in [0.29, 0.717) is 23.6 Å². The number of aromatic nitrogens is 1. The van der Waals surface area contributed by atoms with E-state index in [1.807, 2.05) is 0 Å². The number of nitrogens with one attached hydrogen (secondary N) is 1. The molecule has 18 heavy (non-hydrogen) atoms. The van der Waals surface area contributed by atoms with E-state index in [2.05, 4.69) is 10.3 Å². The van der Waals surface area contributed by atoms with Crippen molar-refractivity contribution in [3.05, 3.63) is 17.8 Å². The van der Waals surface area contributed by atoms with Gasteiger partial charge in [-0.15, -0.1) is 0 Å². The maximum Gasteiger partial charge on any atom is 0.252 e. The third-order valence-electron chi connectivity index (χ3n) is 3.45. The zero-order valence-electron chi connectivity index (χ0n) is 10.4. The summed E-state index contributed by atoms with van der Waals surface area (Å²) in [4.78, 5) is 15.4. The molecule has 1 aromatic rings. The fraction of sp³-hybridized carbons (Fsp3) is 0.500. The molecule has 1 amide bonds. The number of carbonyl (C=O) groups excluding carboxylic acids is 1. The van der Waals surface area contributed by atoms with Crippen molar-refractivity contribution >= 4 is 17.4 Å². The summed E-state index contributed by atoms with van der Waals surface area (Å²) in [5.41, 5.74) is 11.5. The van der Waals surface area contributed by atoms with Gasteiger partial charge in [0.15, 0.2) is 0 Å². The molecule has 0 spiro atoms. The summed E-state index contributed by atoms with van der Waals surface area (Å²) in [7, 11) is 1.70. The molecule has 0 bridgehead atoms. The maximum atomic E-state index is 11.3. The monoisotopic (exact) mass is 250 g/mol. The number of nitrogens with zero attached hydrogens (tertiary/aromatic N) is 1. The third-order valence-corrected chi connectivity index (χ3v) is 3.45. The van der Waals surface area contributed by atoms with Crippen LogP contribution in [0, 0.1) is 0 Å². The van der Waals surface area contributed by atoms with E-state index >= 15 is 0 Å². The number of anilines is 2. The van der Waals surface area contributed by atoms with E-state index in [1.54, 1.807) is 7.11 Å². The summed E-state index contributed by atoms with van der Waals surface area (Å²) in [5, 5.41) is 3.12. The van der Waals surface area contributed by atoms with E-state index < -0.39 is 5.91 Å². The third kappa shape index (κ3) is 2.38. The first-order valence-corrected chi connectivity index (χ1v) is 5.91. The van der Waals surface area contributed by atoms with E-state index in [9.17, 15) is 4.79 Å². The Hall–Kier alpha value is -1.82. The minimum absolute atomic E-state index is 0.141. The van der Waals surface area contributed by atoms with Gasteiger partial charge in [-0.1, -0.05) is 0 Å². The molecule has 1 aliphatic carbocycles. The number of methoxy groups -OCH3 is 1. The number of nitrogens with two attached hydrogens (primary N) is 2. The summed E-state index contributed by atoms with van der Waals surface area (Å²) < 4.78 is 5.49. The molecule has 1 heterocycles. The van der Waals surface area contributed by atoms with Gasteiger partial charge in [-0.25, -0.2) is 4.98 Å². The largest absolute Gasteiger partial charge is 0.397 e. The zero-order valence-corrected chi connectivity index (χ0v) is 10.4. The molecule has 1 aliphatic rings. The van der Waals surface area contributed by atoms with Crippen molar-refractivity contribution < 1.29 is 9.53 Å². The molecule has 0 unspecified atom stereocenters. The van der Waals surface area contributed by atoms with Gasteiger partial charge >= 0.3 is 0 Å². The topological polar surface area (TPSA) is 103 Å². The molecule has 1 fully saturated rings. The van der Waals surface area contributed by atoms with Crippen molar-refractivity contribution in [2.24, 2.45) is 5.73 Å². The van der Waals surface area contributed by atoms with Crippen molar-refractivity contribution in [2.45, 2.75) is 24.9 Å². The first-order valence-electron chi connectivity index (χ1n) is 5.91. The fourth-order valence-electron chi connectivity index (χ4n) is 2.08. The van der Waals surface area contributed by atoms with Crippen LogP contribution >= 0.6 is 0 Å². The van der Waals surface area contributed by atoms with Crippen molar-refractivity contribution in [3.63, 3.8) is 0 Å². The number of carbonyl (C=O) groups is 1. The number of nitrogen functional groups attached to an aromatic ring is 1. The molecule has 0 saturated heterocycles. The number of hydrogen-bond donors (Lipinski definition) is 3. The Bertz CT molecular complexity index is 452. The van der Waals surface area contributed by atoms with Gasteiger partial charge in [0, 0.05) is 13.7 Å². The first-order chi connectivity index (χ1) is 8.56. The van der Waals surface area contributed by atoms with Gasteiger partial charge in [-0.05, 0) is 25.3 Å². The Balaban J connectivity index is 2.11.